The molecular weight excluding hydrogens is 369 g/mol. The molecule has 0 saturated heterocycles. The van der Waals surface area contributed by atoms with Gasteiger partial charge in [-0.3, -0.25) is 0 Å². The van der Waals surface area contributed by atoms with Crippen LogP contribution in [0.1, 0.15) is 52.4 Å². The van der Waals surface area contributed by atoms with Crippen LogP contribution in [0, 0.1) is 28.7 Å². The minimum absolute atomic E-state index is 0. The summed E-state index contributed by atoms with van der Waals surface area (Å²) in [5, 5.41) is 0. The molecule has 0 saturated carbocycles. The van der Waals surface area contributed by atoms with Crippen LogP contribution in [-0.4, -0.2) is 0 Å². The second kappa shape index (κ2) is 46.2. The van der Waals surface area contributed by atoms with E-state index >= 15 is 0 Å². The van der Waals surface area contributed by atoms with Crippen LogP contribution in [0.25, 0.3) is 0 Å². The van der Waals surface area contributed by atoms with Crippen molar-refractivity contribution in [2.75, 3.05) is 0 Å². The normalized spacial score (nSPS) is 6.00. The van der Waals surface area contributed by atoms with Gasteiger partial charge in [0.2, 0.25) is 0 Å². The largest absolute Gasteiger partial charge is 0.358 e. The molecule has 0 rings (SSSR count). The fourth-order valence-corrected chi connectivity index (χ4v) is 0.500. The van der Waals surface area contributed by atoms with Gasteiger partial charge in [0.1, 0.15) is 0 Å². The average molecular weight is 397 g/mol. The van der Waals surface area contributed by atoms with Gasteiger partial charge in [0.25, 0.3) is 0 Å². The van der Waals surface area contributed by atoms with Gasteiger partial charge in [-0.15, -0.1) is 0 Å². The van der Waals surface area contributed by atoms with E-state index in [1.807, 2.05) is 0 Å². The van der Waals surface area contributed by atoms with E-state index in [2.05, 4.69) is 27.7 Å². The first-order chi connectivity index (χ1) is 4.83. The van der Waals surface area contributed by atoms with Crippen molar-refractivity contribution < 1.29 is 54.6 Å². The minimum atomic E-state index is 0. The molecule has 84 valence electrons. The van der Waals surface area contributed by atoms with Gasteiger partial charge in [0, 0.05) is 54.6 Å². The zero-order valence-corrected chi connectivity index (χ0v) is 19.1. The molecule has 0 N–H and O–H groups in total. The molecule has 0 aliphatic heterocycles. The van der Waals surface area contributed by atoms with Crippen molar-refractivity contribution in [1.82, 2.24) is 0 Å². The molecule has 0 spiro atoms. The Balaban J connectivity index is -0.0000000178. The molecule has 0 radical (unpaired) electrons. The zero-order chi connectivity index (χ0) is 8.24. The minimum Gasteiger partial charge on any atom is -0.358 e. The van der Waals surface area contributed by atoms with E-state index in [9.17, 15) is 0 Å². The summed E-state index contributed by atoms with van der Waals surface area (Å²) >= 11 is 0. The fourth-order valence-electron chi connectivity index (χ4n) is 0.500. The third kappa shape index (κ3) is 66.9. The predicted molar refractivity (Wildman–Crippen MR) is 62.6 cm³/mol. The van der Waals surface area contributed by atoms with Crippen molar-refractivity contribution in [1.29, 1.82) is 0 Å². The van der Waals surface area contributed by atoms with Crippen LogP contribution in [0.15, 0.2) is 0 Å². The number of hydrogen-bond acceptors (Lipinski definition) is 0. The van der Waals surface area contributed by atoms with E-state index in [-0.39, 0.29) is 69.5 Å². The molecule has 0 aliphatic rings. The monoisotopic (exact) mass is 400 g/mol. The molecule has 0 aromatic heterocycles. The number of rotatable bonds is 4. The molecule has 0 atom stereocenters. The maximum absolute atomic E-state index is 3.68. The van der Waals surface area contributed by atoms with E-state index in [1.54, 1.807) is 0 Å². The zero-order valence-electron chi connectivity index (χ0n) is 11.1. The first kappa shape index (κ1) is 36.0. The Morgan fingerprint density at radius 1 is 0.714 bits per heavy atom. The summed E-state index contributed by atoms with van der Waals surface area (Å²) in [6.45, 7) is 11.7. The van der Waals surface area contributed by atoms with Crippen LogP contribution in [0.2, 0.25) is 0 Å². The Morgan fingerprint density at radius 2 is 0.929 bits per heavy atom. The average Bonchev–Trinajstić information content (AvgIpc) is 1.93. The summed E-state index contributed by atoms with van der Waals surface area (Å²) < 4.78 is 0. The maximum Gasteiger partial charge on any atom is 0 e. The summed E-state index contributed by atoms with van der Waals surface area (Å²) in [5.74, 6) is 0. The summed E-state index contributed by atoms with van der Waals surface area (Å²) in [6, 6.07) is 0. The van der Waals surface area contributed by atoms with Crippen LogP contribution >= 0.6 is 0 Å². The standard InChI is InChI=1S/2C5H11.2CH3.2Cd/c2*1-3-5-4-2;;;;/h2*1,3-5H2,2H3;2*1H3;;/q4*-1;;. The summed E-state index contributed by atoms with van der Waals surface area (Å²) in [6.07, 6.45) is 7.31. The number of unbranched alkanes of at least 4 members (excludes halogenated alkanes) is 4. The van der Waals surface area contributed by atoms with Gasteiger partial charge < -0.3 is 28.7 Å². The smallest absolute Gasteiger partial charge is 0 e. The summed E-state index contributed by atoms with van der Waals surface area (Å²) in [5.41, 5.74) is 0. The second-order valence-electron chi connectivity index (χ2n) is 2.41. The van der Waals surface area contributed by atoms with Crippen LogP contribution in [0.5, 0.6) is 0 Å². The van der Waals surface area contributed by atoms with Crippen LogP contribution in [0.4, 0.5) is 0 Å². The molecule has 0 nitrogen and oxygen atoms in total. The molecule has 0 aromatic carbocycles. The molecule has 0 heterocycles. The van der Waals surface area contributed by atoms with Gasteiger partial charge in [-0.05, 0) is 0 Å². The van der Waals surface area contributed by atoms with Crippen molar-refractivity contribution >= 4 is 0 Å². The molecule has 14 heavy (non-hydrogen) atoms. The van der Waals surface area contributed by atoms with Gasteiger partial charge in [-0.1, -0.05) is 39.5 Å². The van der Waals surface area contributed by atoms with E-state index in [4.69, 9.17) is 0 Å². The van der Waals surface area contributed by atoms with Gasteiger partial charge >= 0.3 is 0 Å². The quantitative estimate of drug-likeness (QED) is 0.467. The Bertz CT molecular complexity index is 29.3. The van der Waals surface area contributed by atoms with E-state index in [0.717, 1.165) is 12.8 Å². The van der Waals surface area contributed by atoms with E-state index < -0.39 is 0 Å². The van der Waals surface area contributed by atoms with Crippen molar-refractivity contribution in [3.63, 3.8) is 0 Å². The predicted octanol–water partition coefficient (Wildman–Crippen LogP) is 4.92. The van der Waals surface area contributed by atoms with E-state index in [0.29, 0.717) is 0 Å². The fraction of sp³-hybridized carbons (Fsp3) is 0.667. The van der Waals surface area contributed by atoms with Gasteiger partial charge in [-0.2, -0.15) is 12.8 Å². The summed E-state index contributed by atoms with van der Waals surface area (Å²) in [4.78, 5) is 0. The topological polar surface area (TPSA) is 0 Å². The van der Waals surface area contributed by atoms with Crippen molar-refractivity contribution in [2.45, 2.75) is 52.4 Å². The Morgan fingerprint density at radius 3 is 0.929 bits per heavy atom. The molecule has 0 bridgehead atoms. The molecular formula is C12H28Cd2-4. The Labute approximate surface area is 134 Å². The summed E-state index contributed by atoms with van der Waals surface area (Å²) in [7, 11) is 0. The van der Waals surface area contributed by atoms with Crippen LogP contribution in [-0.2, 0) is 54.6 Å². The Kier molecular flexibility index (Phi) is 119. The SMILES string of the molecule is [CH2-]CCCC.[CH2-]CCCC.[CH3-].[CH3-].[Cd].[Cd]. The van der Waals surface area contributed by atoms with Crippen molar-refractivity contribution in [3.8, 4) is 0 Å². The molecule has 2 heteroatoms. The van der Waals surface area contributed by atoms with Crippen molar-refractivity contribution in [2.24, 2.45) is 0 Å². The van der Waals surface area contributed by atoms with Crippen LogP contribution in [0.3, 0.4) is 0 Å². The molecule has 0 aromatic rings. The molecule has 0 amide bonds. The second-order valence-corrected chi connectivity index (χ2v) is 2.41. The first-order valence-electron chi connectivity index (χ1n) is 4.41. The third-order valence-electron chi connectivity index (χ3n) is 1.21. The van der Waals surface area contributed by atoms with Gasteiger partial charge in [0.15, 0.2) is 0 Å². The molecule has 0 fully saturated rings. The third-order valence-corrected chi connectivity index (χ3v) is 1.21. The van der Waals surface area contributed by atoms with Crippen LogP contribution < -0.4 is 0 Å². The Hall–Kier alpha value is 1.84. The molecule has 0 unspecified atom stereocenters. The number of hydrogen-bond donors (Lipinski definition) is 0. The van der Waals surface area contributed by atoms with E-state index in [1.165, 1.54) is 25.7 Å². The molecule has 0 aliphatic carbocycles. The first-order valence-corrected chi connectivity index (χ1v) is 4.41. The van der Waals surface area contributed by atoms with Gasteiger partial charge in [0.05, 0.1) is 0 Å². The maximum atomic E-state index is 3.68. The van der Waals surface area contributed by atoms with Gasteiger partial charge in [-0.25, -0.2) is 0 Å². The van der Waals surface area contributed by atoms with Crippen molar-refractivity contribution in [3.05, 3.63) is 28.7 Å².